The molecule has 0 unspecified atom stereocenters. The van der Waals surface area contributed by atoms with Crippen molar-refractivity contribution < 1.29 is 22.7 Å². The molecule has 1 amide bonds. The van der Waals surface area contributed by atoms with Gasteiger partial charge in [-0.15, -0.1) is 0 Å². The molecular weight excluding hydrogens is 519 g/mol. The number of carbonyl (C=O) groups is 1. The minimum Gasteiger partial charge on any atom is -0.497 e. The number of halogens is 3. The van der Waals surface area contributed by atoms with Gasteiger partial charge in [-0.1, -0.05) is 29.8 Å². The van der Waals surface area contributed by atoms with E-state index < -0.39 is 11.9 Å². The zero-order valence-corrected chi connectivity index (χ0v) is 23.2. The monoisotopic (exact) mass is 551 g/mol. The number of ether oxygens (including phenoxy) is 1. The average molecular weight is 552 g/mol. The first-order valence-electron chi connectivity index (χ1n) is 13.2. The number of aromatic nitrogens is 3. The van der Waals surface area contributed by atoms with Crippen LogP contribution in [0.5, 0.6) is 5.75 Å². The number of benzene rings is 2. The fraction of sp³-hybridized carbons (Fsp3) is 0.367. The molecule has 10 heteroatoms. The van der Waals surface area contributed by atoms with Gasteiger partial charge in [-0.3, -0.25) is 9.69 Å². The summed E-state index contributed by atoms with van der Waals surface area (Å²) in [6.45, 7) is 9.26. The van der Waals surface area contributed by atoms with Crippen molar-refractivity contribution in [3.63, 3.8) is 0 Å². The molecule has 1 aliphatic rings. The van der Waals surface area contributed by atoms with E-state index in [-0.39, 0.29) is 40.5 Å². The number of fused-ring (bicyclic) bond motifs is 1. The maximum absolute atomic E-state index is 14.3. The standard InChI is InChI=1S/C30H32F3N5O2/c1-18-7-6-8-23(15-18)21(4)36-13-14-37(19(2)17-36)29(39)25-16-34-38-27(30(31,32)33)20(3)26(35-28(25)38)22-9-11-24(40-5)12-10-22/h6-12,15-16,19,21H,13-14,17H2,1-5H3/t19-,21+/m1/s1. The Morgan fingerprint density at radius 2 is 1.82 bits per heavy atom. The summed E-state index contributed by atoms with van der Waals surface area (Å²) in [6.07, 6.45) is -3.50. The Hall–Kier alpha value is -3.92. The summed E-state index contributed by atoms with van der Waals surface area (Å²) in [7, 11) is 1.51. The Morgan fingerprint density at radius 3 is 2.45 bits per heavy atom. The molecule has 2 aromatic carbocycles. The number of alkyl halides is 3. The van der Waals surface area contributed by atoms with Crippen LogP contribution < -0.4 is 4.74 Å². The number of carbonyl (C=O) groups excluding carboxylic acids is 1. The van der Waals surface area contributed by atoms with E-state index in [1.807, 2.05) is 13.0 Å². The highest BCUT2D eigenvalue weighted by Gasteiger charge is 2.39. The molecule has 7 nitrogen and oxygen atoms in total. The van der Waals surface area contributed by atoms with Crippen molar-refractivity contribution in [2.45, 2.75) is 46.0 Å². The van der Waals surface area contributed by atoms with E-state index in [0.717, 1.165) is 4.52 Å². The third-order valence-corrected chi connectivity index (χ3v) is 7.74. The second kappa shape index (κ2) is 10.6. The predicted octanol–water partition coefficient (Wildman–Crippen LogP) is 5.95. The number of nitrogens with zero attached hydrogens (tertiary/aromatic N) is 5. The van der Waals surface area contributed by atoms with Crippen LogP contribution in [-0.4, -0.2) is 63.1 Å². The minimum absolute atomic E-state index is 0.0484. The van der Waals surface area contributed by atoms with E-state index >= 15 is 0 Å². The summed E-state index contributed by atoms with van der Waals surface area (Å²) in [4.78, 5) is 22.4. The quantitative estimate of drug-likeness (QED) is 0.307. The van der Waals surface area contributed by atoms with Gasteiger partial charge in [0.15, 0.2) is 11.3 Å². The molecule has 2 aromatic heterocycles. The van der Waals surface area contributed by atoms with Crippen LogP contribution in [0.2, 0.25) is 0 Å². The largest absolute Gasteiger partial charge is 0.497 e. The van der Waals surface area contributed by atoms with Crippen LogP contribution in [0.4, 0.5) is 13.2 Å². The van der Waals surface area contributed by atoms with Crippen LogP contribution in [0.25, 0.3) is 16.9 Å². The molecule has 5 rings (SSSR count). The lowest BCUT2D eigenvalue weighted by molar-refractivity contribution is -0.143. The van der Waals surface area contributed by atoms with Crippen molar-refractivity contribution in [2.24, 2.45) is 0 Å². The molecular formula is C30H32F3N5O2. The van der Waals surface area contributed by atoms with Gasteiger partial charge < -0.3 is 9.64 Å². The summed E-state index contributed by atoms with van der Waals surface area (Å²) >= 11 is 0. The second-order valence-corrected chi connectivity index (χ2v) is 10.4. The molecule has 1 fully saturated rings. The van der Waals surface area contributed by atoms with Gasteiger partial charge in [0, 0.05) is 42.8 Å². The van der Waals surface area contributed by atoms with Crippen molar-refractivity contribution in [1.82, 2.24) is 24.4 Å². The first kappa shape index (κ1) is 27.6. The maximum atomic E-state index is 14.3. The number of hydrogen-bond acceptors (Lipinski definition) is 5. The van der Waals surface area contributed by atoms with Gasteiger partial charge >= 0.3 is 6.18 Å². The zero-order chi connectivity index (χ0) is 28.8. The molecule has 1 saturated heterocycles. The van der Waals surface area contributed by atoms with Gasteiger partial charge in [-0.25, -0.2) is 9.50 Å². The van der Waals surface area contributed by atoms with Crippen molar-refractivity contribution in [1.29, 1.82) is 0 Å². The molecule has 0 spiro atoms. The molecule has 0 saturated carbocycles. The molecule has 4 aromatic rings. The third kappa shape index (κ3) is 5.03. The minimum atomic E-state index is -4.70. The van der Waals surface area contributed by atoms with E-state index in [2.05, 4.69) is 47.0 Å². The topological polar surface area (TPSA) is 63.0 Å². The van der Waals surface area contributed by atoms with Crippen LogP contribution in [0.15, 0.2) is 54.7 Å². The summed E-state index contributed by atoms with van der Waals surface area (Å²) in [6, 6.07) is 15.0. The summed E-state index contributed by atoms with van der Waals surface area (Å²) < 4.78 is 48.8. The zero-order valence-electron chi connectivity index (χ0n) is 23.2. The maximum Gasteiger partial charge on any atom is 0.433 e. The van der Waals surface area contributed by atoms with Crippen LogP contribution in [0.3, 0.4) is 0 Å². The van der Waals surface area contributed by atoms with Crippen molar-refractivity contribution in [2.75, 3.05) is 26.7 Å². The van der Waals surface area contributed by atoms with Crippen molar-refractivity contribution >= 4 is 11.6 Å². The lowest BCUT2D eigenvalue weighted by atomic mass is 10.0. The van der Waals surface area contributed by atoms with Crippen LogP contribution >= 0.6 is 0 Å². The van der Waals surface area contributed by atoms with Gasteiger partial charge in [0.2, 0.25) is 0 Å². The first-order chi connectivity index (χ1) is 19.0. The Bertz CT molecular complexity index is 1550. The third-order valence-electron chi connectivity index (χ3n) is 7.74. The van der Waals surface area contributed by atoms with Crippen LogP contribution in [-0.2, 0) is 6.18 Å². The molecule has 0 N–H and O–H groups in total. The van der Waals surface area contributed by atoms with E-state index in [0.29, 0.717) is 30.9 Å². The molecule has 0 radical (unpaired) electrons. The van der Waals surface area contributed by atoms with E-state index in [1.165, 1.54) is 31.4 Å². The average Bonchev–Trinajstić information content (AvgIpc) is 3.34. The van der Waals surface area contributed by atoms with E-state index in [1.54, 1.807) is 29.2 Å². The normalized spacial score (nSPS) is 17.3. The summed E-state index contributed by atoms with van der Waals surface area (Å²) in [5, 5.41) is 4.00. The Labute approximate surface area is 231 Å². The number of amides is 1. The summed E-state index contributed by atoms with van der Waals surface area (Å²) in [5.74, 6) is 0.194. The number of methoxy groups -OCH3 is 1. The highest BCUT2D eigenvalue weighted by molar-refractivity contribution is 6.00. The molecule has 0 bridgehead atoms. The predicted molar refractivity (Wildman–Crippen MR) is 146 cm³/mol. The van der Waals surface area contributed by atoms with Crippen LogP contribution in [0, 0.1) is 13.8 Å². The van der Waals surface area contributed by atoms with Crippen molar-refractivity contribution in [3.8, 4) is 17.0 Å². The van der Waals surface area contributed by atoms with Gasteiger partial charge in [-0.05, 0) is 57.5 Å². The van der Waals surface area contributed by atoms with Gasteiger partial charge in [0.25, 0.3) is 5.91 Å². The molecule has 3 heterocycles. The SMILES string of the molecule is COc1ccc(-c2nc3c(C(=O)N4CCN([C@@H](C)c5cccc(C)c5)C[C@H]4C)cnn3c(C(F)(F)F)c2C)cc1. The number of hydrogen-bond donors (Lipinski definition) is 0. The highest BCUT2D eigenvalue weighted by atomic mass is 19.4. The van der Waals surface area contributed by atoms with Gasteiger partial charge in [-0.2, -0.15) is 18.3 Å². The summed E-state index contributed by atoms with van der Waals surface area (Å²) in [5.41, 5.74) is 1.93. The molecule has 1 aliphatic heterocycles. The lowest BCUT2D eigenvalue weighted by Crippen LogP contribution is -2.54. The fourth-order valence-electron chi connectivity index (χ4n) is 5.52. The highest BCUT2D eigenvalue weighted by Crippen LogP contribution is 2.37. The smallest absolute Gasteiger partial charge is 0.433 e. The Balaban J connectivity index is 1.48. The number of aryl methyl sites for hydroxylation is 1. The molecule has 0 aliphatic carbocycles. The first-order valence-corrected chi connectivity index (χ1v) is 13.2. The van der Waals surface area contributed by atoms with Gasteiger partial charge in [0.05, 0.1) is 19.0 Å². The number of rotatable bonds is 5. The van der Waals surface area contributed by atoms with E-state index in [9.17, 15) is 18.0 Å². The molecule has 2 atom stereocenters. The Morgan fingerprint density at radius 1 is 1.10 bits per heavy atom. The molecule has 40 heavy (non-hydrogen) atoms. The second-order valence-electron chi connectivity index (χ2n) is 10.4. The van der Waals surface area contributed by atoms with E-state index in [4.69, 9.17) is 4.74 Å². The van der Waals surface area contributed by atoms with Crippen molar-refractivity contribution in [3.05, 3.63) is 82.7 Å². The van der Waals surface area contributed by atoms with Crippen LogP contribution in [0.1, 0.15) is 52.6 Å². The van der Waals surface area contributed by atoms with Gasteiger partial charge in [0.1, 0.15) is 11.3 Å². The molecule has 210 valence electrons. The lowest BCUT2D eigenvalue weighted by Gasteiger charge is -2.42. The fourth-order valence-corrected chi connectivity index (χ4v) is 5.52. The Kier molecular flexibility index (Phi) is 7.31. The number of piperazine rings is 1.